The van der Waals surface area contributed by atoms with E-state index >= 15 is 0 Å². The van der Waals surface area contributed by atoms with Crippen molar-refractivity contribution in [3.63, 3.8) is 0 Å². The summed E-state index contributed by atoms with van der Waals surface area (Å²) in [5.74, 6) is 0.373. The summed E-state index contributed by atoms with van der Waals surface area (Å²) in [5, 5.41) is 0.616. The largest absolute Gasteiger partial charge is 0.302 e. The molecule has 1 aliphatic heterocycles. The van der Waals surface area contributed by atoms with Crippen LogP contribution in [0, 0.1) is 11.7 Å². The molecule has 1 fully saturated rings. The topological polar surface area (TPSA) is 55.2 Å². The molecule has 0 amide bonds. The zero-order valence-corrected chi connectivity index (χ0v) is 18.9. The number of para-hydroxylation sites is 1. The summed E-state index contributed by atoms with van der Waals surface area (Å²) in [5.41, 5.74) is 2.14. The van der Waals surface area contributed by atoms with E-state index in [2.05, 4.69) is 4.90 Å². The average molecular weight is 456 g/mol. The molecule has 1 aromatic heterocycles. The SMILES string of the molecule is O=C(c1ccc(F)cc1)C1CCN(CCn2c(-c3ccccc3)nc3ccccc3c2=O)CC1. The average Bonchev–Trinajstić information content (AvgIpc) is 2.89. The van der Waals surface area contributed by atoms with E-state index in [1.807, 2.05) is 54.6 Å². The quantitative estimate of drug-likeness (QED) is 0.392. The van der Waals surface area contributed by atoms with E-state index in [1.54, 1.807) is 16.7 Å². The molecule has 6 heteroatoms. The molecule has 1 aliphatic rings. The van der Waals surface area contributed by atoms with Crippen LogP contribution in [0.25, 0.3) is 22.3 Å². The lowest BCUT2D eigenvalue weighted by atomic mass is 9.89. The number of fused-ring (bicyclic) bond motifs is 1. The van der Waals surface area contributed by atoms with Crippen LogP contribution in [0.2, 0.25) is 0 Å². The Morgan fingerprint density at radius 1 is 0.882 bits per heavy atom. The van der Waals surface area contributed by atoms with Gasteiger partial charge in [-0.05, 0) is 62.3 Å². The molecular weight excluding hydrogens is 429 g/mol. The first-order valence-electron chi connectivity index (χ1n) is 11.7. The van der Waals surface area contributed by atoms with E-state index in [-0.39, 0.29) is 23.1 Å². The summed E-state index contributed by atoms with van der Waals surface area (Å²) in [6, 6.07) is 23.0. The summed E-state index contributed by atoms with van der Waals surface area (Å²) in [6.07, 6.45) is 1.51. The van der Waals surface area contributed by atoms with E-state index in [9.17, 15) is 14.0 Å². The van der Waals surface area contributed by atoms with Crippen LogP contribution >= 0.6 is 0 Å². The highest BCUT2D eigenvalue weighted by molar-refractivity contribution is 5.97. The van der Waals surface area contributed by atoms with Gasteiger partial charge in [-0.15, -0.1) is 0 Å². The number of halogens is 1. The Balaban J connectivity index is 1.31. The molecule has 34 heavy (non-hydrogen) atoms. The molecular formula is C28H26FN3O2. The van der Waals surface area contributed by atoms with Gasteiger partial charge in [0, 0.05) is 30.1 Å². The second kappa shape index (κ2) is 9.69. The van der Waals surface area contributed by atoms with Crippen LogP contribution in [-0.2, 0) is 6.54 Å². The Bertz CT molecular complexity index is 1360. The monoisotopic (exact) mass is 455 g/mol. The normalized spacial score (nSPS) is 15.0. The number of Topliss-reactive ketones (excluding diaryl/α,β-unsaturated/α-hetero) is 1. The van der Waals surface area contributed by atoms with E-state index in [0.717, 1.165) is 31.5 Å². The van der Waals surface area contributed by atoms with Gasteiger partial charge in [0.25, 0.3) is 5.56 Å². The van der Waals surface area contributed by atoms with Gasteiger partial charge in [-0.3, -0.25) is 14.2 Å². The van der Waals surface area contributed by atoms with Gasteiger partial charge in [0.05, 0.1) is 10.9 Å². The number of benzene rings is 3. The number of carbonyl (C=O) groups excluding carboxylic acids is 1. The van der Waals surface area contributed by atoms with Crippen molar-refractivity contribution in [2.24, 2.45) is 5.92 Å². The highest BCUT2D eigenvalue weighted by Gasteiger charge is 2.26. The lowest BCUT2D eigenvalue weighted by Gasteiger charge is -2.31. The predicted molar refractivity (Wildman–Crippen MR) is 131 cm³/mol. The second-order valence-electron chi connectivity index (χ2n) is 8.76. The minimum Gasteiger partial charge on any atom is -0.302 e. The number of likely N-dealkylation sites (tertiary alicyclic amines) is 1. The van der Waals surface area contributed by atoms with Gasteiger partial charge >= 0.3 is 0 Å². The number of hydrogen-bond donors (Lipinski definition) is 0. The van der Waals surface area contributed by atoms with Crippen LogP contribution in [0.3, 0.4) is 0 Å². The first kappa shape index (κ1) is 22.2. The number of aromatic nitrogens is 2. The maximum absolute atomic E-state index is 13.4. The smallest absolute Gasteiger partial charge is 0.261 e. The number of hydrogen-bond acceptors (Lipinski definition) is 4. The zero-order chi connectivity index (χ0) is 23.5. The third-order valence-electron chi connectivity index (χ3n) is 6.62. The van der Waals surface area contributed by atoms with Crippen molar-refractivity contribution in [3.8, 4) is 11.4 Å². The first-order chi connectivity index (χ1) is 16.6. The molecule has 172 valence electrons. The third-order valence-corrected chi connectivity index (χ3v) is 6.62. The maximum Gasteiger partial charge on any atom is 0.261 e. The molecule has 0 radical (unpaired) electrons. The Kier molecular flexibility index (Phi) is 6.32. The molecule has 3 aromatic carbocycles. The van der Waals surface area contributed by atoms with Crippen LogP contribution in [0.1, 0.15) is 23.2 Å². The molecule has 0 bridgehead atoms. The highest BCUT2D eigenvalue weighted by atomic mass is 19.1. The van der Waals surface area contributed by atoms with Crippen LogP contribution in [0.4, 0.5) is 4.39 Å². The van der Waals surface area contributed by atoms with E-state index < -0.39 is 0 Å². The van der Waals surface area contributed by atoms with Crippen LogP contribution in [-0.4, -0.2) is 39.9 Å². The second-order valence-corrected chi connectivity index (χ2v) is 8.76. The molecule has 2 heterocycles. The molecule has 0 saturated carbocycles. The standard InChI is InChI=1S/C28H26FN3O2/c29-23-12-10-20(11-13-23)26(33)21-14-16-31(17-15-21)18-19-32-27(22-6-2-1-3-7-22)30-25-9-5-4-8-24(25)28(32)34/h1-13,21H,14-19H2. The Morgan fingerprint density at radius 2 is 1.56 bits per heavy atom. The minimum absolute atomic E-state index is 0.0363. The number of ketones is 1. The molecule has 0 N–H and O–H groups in total. The van der Waals surface area contributed by atoms with Crippen LogP contribution in [0.5, 0.6) is 0 Å². The lowest BCUT2D eigenvalue weighted by Crippen LogP contribution is -2.39. The van der Waals surface area contributed by atoms with E-state index in [1.165, 1.54) is 12.1 Å². The fraction of sp³-hybridized carbons (Fsp3) is 0.250. The van der Waals surface area contributed by atoms with Crippen molar-refractivity contribution < 1.29 is 9.18 Å². The van der Waals surface area contributed by atoms with Gasteiger partial charge in [-0.1, -0.05) is 42.5 Å². The van der Waals surface area contributed by atoms with Gasteiger partial charge < -0.3 is 4.90 Å². The fourth-order valence-electron chi connectivity index (χ4n) is 4.69. The molecule has 1 saturated heterocycles. The molecule has 0 atom stereocenters. The van der Waals surface area contributed by atoms with Crippen molar-refractivity contribution in [1.29, 1.82) is 0 Å². The summed E-state index contributed by atoms with van der Waals surface area (Å²) < 4.78 is 14.9. The van der Waals surface area contributed by atoms with Gasteiger partial charge in [-0.2, -0.15) is 0 Å². The van der Waals surface area contributed by atoms with Crippen molar-refractivity contribution in [2.75, 3.05) is 19.6 Å². The lowest BCUT2D eigenvalue weighted by molar-refractivity contribution is 0.0837. The first-order valence-corrected chi connectivity index (χ1v) is 11.7. The Morgan fingerprint density at radius 3 is 2.29 bits per heavy atom. The Hall–Kier alpha value is -3.64. The molecule has 4 aromatic rings. The molecule has 0 spiro atoms. The minimum atomic E-state index is -0.334. The zero-order valence-electron chi connectivity index (χ0n) is 18.9. The van der Waals surface area contributed by atoms with Gasteiger partial charge in [0.2, 0.25) is 0 Å². The predicted octanol–water partition coefficient (Wildman–Crippen LogP) is 4.80. The number of piperidine rings is 1. The maximum atomic E-state index is 13.4. The van der Waals surface area contributed by atoms with Crippen molar-refractivity contribution in [1.82, 2.24) is 14.5 Å². The number of rotatable bonds is 6. The summed E-state index contributed by atoms with van der Waals surface area (Å²) >= 11 is 0. The summed E-state index contributed by atoms with van der Waals surface area (Å²) in [7, 11) is 0. The van der Waals surface area contributed by atoms with Crippen molar-refractivity contribution in [2.45, 2.75) is 19.4 Å². The molecule has 0 aliphatic carbocycles. The molecule has 0 unspecified atom stereocenters. The van der Waals surface area contributed by atoms with Crippen LogP contribution < -0.4 is 5.56 Å². The highest BCUT2D eigenvalue weighted by Crippen LogP contribution is 2.23. The molecule has 5 nitrogen and oxygen atoms in total. The fourth-order valence-corrected chi connectivity index (χ4v) is 4.69. The van der Waals surface area contributed by atoms with Crippen molar-refractivity contribution >= 4 is 16.7 Å². The van der Waals surface area contributed by atoms with E-state index in [0.29, 0.717) is 35.4 Å². The van der Waals surface area contributed by atoms with Gasteiger partial charge in [0.1, 0.15) is 11.6 Å². The van der Waals surface area contributed by atoms with Crippen LogP contribution in [0.15, 0.2) is 83.7 Å². The van der Waals surface area contributed by atoms with Gasteiger partial charge in [0.15, 0.2) is 5.78 Å². The third kappa shape index (κ3) is 4.54. The van der Waals surface area contributed by atoms with Gasteiger partial charge in [-0.25, -0.2) is 9.37 Å². The molecule has 5 rings (SSSR count). The Labute approximate surface area is 197 Å². The summed E-state index contributed by atoms with van der Waals surface area (Å²) in [6.45, 7) is 2.80. The van der Waals surface area contributed by atoms with Crippen molar-refractivity contribution in [3.05, 3.63) is 101 Å². The van der Waals surface area contributed by atoms with E-state index in [4.69, 9.17) is 4.98 Å². The summed E-state index contributed by atoms with van der Waals surface area (Å²) in [4.78, 5) is 33.2. The number of nitrogens with zero attached hydrogens (tertiary/aromatic N) is 3. The number of carbonyl (C=O) groups is 1.